The fourth-order valence-corrected chi connectivity index (χ4v) is 2.90. The second-order valence-corrected chi connectivity index (χ2v) is 5.88. The largest absolute Gasteiger partial charge is 0.496 e. The third kappa shape index (κ3) is 4.18. The molecule has 1 N–H and O–H groups in total. The number of Topliss-reactive ketones (excluding diaryl/α,β-unsaturated/α-hetero) is 1. The molecule has 1 atom stereocenters. The number of ether oxygens (including phenoxy) is 1. The number of amides is 1. The highest BCUT2D eigenvalue weighted by Crippen LogP contribution is 2.24. The van der Waals surface area contributed by atoms with Crippen LogP contribution >= 0.6 is 11.3 Å². The van der Waals surface area contributed by atoms with Crippen molar-refractivity contribution in [3.8, 4) is 5.75 Å². The summed E-state index contributed by atoms with van der Waals surface area (Å²) in [6.45, 7) is 1.90. The number of ketones is 1. The Balaban J connectivity index is 1.87. The van der Waals surface area contributed by atoms with Gasteiger partial charge in [-0.1, -0.05) is 24.3 Å². The summed E-state index contributed by atoms with van der Waals surface area (Å²) >= 11 is 1.40. The number of rotatable bonds is 7. The summed E-state index contributed by atoms with van der Waals surface area (Å²) < 4.78 is 5.29. The molecule has 116 valence electrons. The zero-order valence-corrected chi connectivity index (χ0v) is 13.5. The fraction of sp³-hybridized carbons (Fsp3) is 0.294. The van der Waals surface area contributed by atoms with Crippen molar-refractivity contribution in [2.24, 2.45) is 0 Å². The van der Waals surface area contributed by atoms with Crippen LogP contribution < -0.4 is 10.1 Å². The predicted molar refractivity (Wildman–Crippen MR) is 87.4 cm³/mol. The molecule has 5 heteroatoms. The summed E-state index contributed by atoms with van der Waals surface area (Å²) in [5.41, 5.74) is 0.919. The van der Waals surface area contributed by atoms with Crippen molar-refractivity contribution in [3.63, 3.8) is 0 Å². The van der Waals surface area contributed by atoms with E-state index >= 15 is 0 Å². The first-order valence-electron chi connectivity index (χ1n) is 7.10. The van der Waals surface area contributed by atoms with Gasteiger partial charge in [-0.3, -0.25) is 9.59 Å². The van der Waals surface area contributed by atoms with E-state index in [-0.39, 0.29) is 30.6 Å². The van der Waals surface area contributed by atoms with Gasteiger partial charge >= 0.3 is 0 Å². The minimum Gasteiger partial charge on any atom is -0.496 e. The fourth-order valence-electron chi connectivity index (χ4n) is 2.20. The smallest absolute Gasteiger partial charge is 0.220 e. The van der Waals surface area contributed by atoms with Crippen LogP contribution in [0.2, 0.25) is 0 Å². The number of para-hydroxylation sites is 1. The van der Waals surface area contributed by atoms with E-state index in [1.165, 1.54) is 11.3 Å². The molecule has 0 bridgehead atoms. The lowest BCUT2D eigenvalue weighted by Crippen LogP contribution is -2.27. The number of thiophene rings is 1. The Bertz CT molecular complexity index is 637. The molecule has 0 fully saturated rings. The lowest BCUT2D eigenvalue weighted by atomic mass is 10.1. The van der Waals surface area contributed by atoms with E-state index in [0.717, 1.165) is 11.3 Å². The van der Waals surface area contributed by atoms with E-state index in [0.29, 0.717) is 4.88 Å². The molecular formula is C17H19NO3S. The van der Waals surface area contributed by atoms with Gasteiger partial charge in [0, 0.05) is 18.4 Å². The summed E-state index contributed by atoms with van der Waals surface area (Å²) in [5, 5.41) is 4.76. The summed E-state index contributed by atoms with van der Waals surface area (Å²) in [6, 6.07) is 11.0. The maximum Gasteiger partial charge on any atom is 0.220 e. The Morgan fingerprint density at radius 3 is 2.64 bits per heavy atom. The summed E-state index contributed by atoms with van der Waals surface area (Å²) in [6.07, 6.45) is 0.418. The molecule has 1 aromatic carbocycles. The Hall–Kier alpha value is -2.14. The van der Waals surface area contributed by atoms with E-state index in [9.17, 15) is 9.59 Å². The molecule has 1 aromatic heterocycles. The summed E-state index contributed by atoms with van der Waals surface area (Å²) in [4.78, 5) is 24.6. The Labute approximate surface area is 134 Å². The lowest BCUT2D eigenvalue weighted by Gasteiger charge is -2.17. The van der Waals surface area contributed by atoms with Gasteiger partial charge in [0.2, 0.25) is 5.91 Å². The normalized spacial score (nSPS) is 11.7. The van der Waals surface area contributed by atoms with E-state index in [4.69, 9.17) is 4.74 Å². The molecule has 2 rings (SSSR count). The molecule has 0 spiro atoms. The molecule has 4 nitrogen and oxygen atoms in total. The number of benzene rings is 1. The van der Waals surface area contributed by atoms with Gasteiger partial charge in [-0.15, -0.1) is 11.3 Å². The first-order valence-corrected chi connectivity index (χ1v) is 7.98. The van der Waals surface area contributed by atoms with Gasteiger partial charge in [-0.2, -0.15) is 0 Å². The van der Waals surface area contributed by atoms with Gasteiger partial charge < -0.3 is 10.1 Å². The highest BCUT2D eigenvalue weighted by molar-refractivity contribution is 7.12. The zero-order valence-electron chi connectivity index (χ0n) is 12.7. The zero-order chi connectivity index (χ0) is 15.9. The van der Waals surface area contributed by atoms with E-state index < -0.39 is 0 Å². The molecular weight excluding hydrogens is 298 g/mol. The number of hydrogen-bond donors (Lipinski definition) is 1. The Morgan fingerprint density at radius 2 is 1.95 bits per heavy atom. The second kappa shape index (κ2) is 7.75. The van der Waals surface area contributed by atoms with Gasteiger partial charge in [0.05, 0.1) is 18.0 Å². The topological polar surface area (TPSA) is 55.4 Å². The quantitative estimate of drug-likeness (QED) is 0.794. The molecule has 1 amide bonds. The SMILES string of the molecule is COc1ccccc1[C@H](C)NC(=O)CCC(=O)c1cccs1. The molecule has 0 aliphatic heterocycles. The van der Waals surface area contributed by atoms with Crippen molar-refractivity contribution in [1.29, 1.82) is 0 Å². The van der Waals surface area contributed by atoms with Crippen LogP contribution in [0.4, 0.5) is 0 Å². The molecule has 0 radical (unpaired) electrons. The maximum atomic E-state index is 12.0. The van der Waals surface area contributed by atoms with Crippen LogP contribution in [0.1, 0.15) is 41.0 Å². The average Bonchev–Trinajstić information content (AvgIpc) is 3.07. The van der Waals surface area contributed by atoms with Crippen molar-refractivity contribution in [3.05, 3.63) is 52.2 Å². The van der Waals surface area contributed by atoms with Gasteiger partial charge in [-0.25, -0.2) is 0 Å². The van der Waals surface area contributed by atoms with Crippen LogP contribution in [0.3, 0.4) is 0 Å². The summed E-state index contributed by atoms with van der Waals surface area (Å²) in [7, 11) is 1.60. The Morgan fingerprint density at radius 1 is 1.18 bits per heavy atom. The molecule has 0 saturated heterocycles. The van der Waals surface area contributed by atoms with Gasteiger partial charge in [0.15, 0.2) is 5.78 Å². The number of hydrogen-bond acceptors (Lipinski definition) is 4. The van der Waals surface area contributed by atoms with E-state index in [1.807, 2.05) is 42.6 Å². The molecule has 0 saturated carbocycles. The van der Waals surface area contributed by atoms with Crippen molar-refractivity contribution >= 4 is 23.0 Å². The van der Waals surface area contributed by atoms with Crippen molar-refractivity contribution in [2.45, 2.75) is 25.8 Å². The second-order valence-electron chi connectivity index (χ2n) is 4.93. The minimum atomic E-state index is -0.166. The van der Waals surface area contributed by atoms with Crippen molar-refractivity contribution in [2.75, 3.05) is 7.11 Å². The first kappa shape index (κ1) is 16.2. The van der Waals surface area contributed by atoms with Gasteiger partial charge in [0.25, 0.3) is 0 Å². The van der Waals surface area contributed by atoms with Gasteiger partial charge in [-0.05, 0) is 24.4 Å². The monoisotopic (exact) mass is 317 g/mol. The molecule has 0 aliphatic carbocycles. The number of nitrogens with one attached hydrogen (secondary N) is 1. The molecule has 0 unspecified atom stereocenters. The standard InChI is InChI=1S/C17H19NO3S/c1-12(13-6-3-4-7-15(13)21-2)18-17(20)10-9-14(19)16-8-5-11-22-16/h3-8,11-12H,9-10H2,1-2H3,(H,18,20)/t12-/m0/s1. The van der Waals surface area contributed by atoms with E-state index in [1.54, 1.807) is 13.2 Å². The number of carbonyl (C=O) groups is 2. The van der Waals surface area contributed by atoms with Crippen LogP contribution in [0.25, 0.3) is 0 Å². The van der Waals surface area contributed by atoms with Crippen molar-refractivity contribution < 1.29 is 14.3 Å². The van der Waals surface area contributed by atoms with Crippen LogP contribution in [-0.2, 0) is 4.79 Å². The lowest BCUT2D eigenvalue weighted by molar-refractivity contribution is -0.121. The first-order chi connectivity index (χ1) is 10.6. The predicted octanol–water partition coefficient (Wildman–Crippen LogP) is 3.60. The van der Waals surface area contributed by atoms with Gasteiger partial charge in [0.1, 0.15) is 5.75 Å². The third-order valence-corrected chi connectivity index (χ3v) is 4.27. The molecule has 0 aliphatic rings. The maximum absolute atomic E-state index is 12.0. The molecule has 22 heavy (non-hydrogen) atoms. The van der Waals surface area contributed by atoms with Crippen LogP contribution in [-0.4, -0.2) is 18.8 Å². The van der Waals surface area contributed by atoms with Crippen molar-refractivity contribution in [1.82, 2.24) is 5.32 Å². The average molecular weight is 317 g/mol. The summed E-state index contributed by atoms with van der Waals surface area (Å²) in [5.74, 6) is 0.614. The molecule has 1 heterocycles. The minimum absolute atomic E-state index is 0.00935. The van der Waals surface area contributed by atoms with E-state index in [2.05, 4.69) is 5.32 Å². The van der Waals surface area contributed by atoms with Crippen LogP contribution in [0.15, 0.2) is 41.8 Å². The third-order valence-electron chi connectivity index (χ3n) is 3.36. The van der Waals surface area contributed by atoms with Crippen LogP contribution in [0, 0.1) is 0 Å². The number of carbonyl (C=O) groups excluding carboxylic acids is 2. The van der Waals surface area contributed by atoms with Crippen LogP contribution in [0.5, 0.6) is 5.75 Å². The number of methoxy groups -OCH3 is 1. The highest BCUT2D eigenvalue weighted by atomic mass is 32.1. The molecule has 2 aromatic rings. The highest BCUT2D eigenvalue weighted by Gasteiger charge is 2.15. The Kier molecular flexibility index (Phi) is 5.72.